The number of hydrogen-bond donors (Lipinski definition) is 1. The van der Waals surface area contributed by atoms with Crippen LogP contribution in [0.1, 0.15) is 16.7 Å². The number of halogens is 6. The van der Waals surface area contributed by atoms with Crippen LogP contribution in [0.25, 0.3) is 11.1 Å². The molecule has 1 aliphatic heterocycles. The Labute approximate surface area is 164 Å². The Balaban J connectivity index is 1.86. The fraction of sp³-hybridized carbons (Fsp3) is 0.167. The first-order chi connectivity index (χ1) is 13.5. The summed E-state index contributed by atoms with van der Waals surface area (Å²) in [5, 5.41) is 10.4. The van der Waals surface area contributed by atoms with Gasteiger partial charge in [0.15, 0.2) is 5.17 Å². The molecule has 1 N–H and O–H groups in total. The van der Waals surface area contributed by atoms with Gasteiger partial charge in [0.25, 0.3) is 0 Å². The van der Waals surface area contributed by atoms with Crippen molar-refractivity contribution >= 4 is 29.1 Å². The average molecular weight is 431 g/mol. The molecular weight excluding hydrogens is 420 g/mol. The number of carbonyl (C=O) groups excluding carboxylic acids is 1. The molecule has 1 heterocycles. The minimum absolute atomic E-state index is 0.0868. The average Bonchev–Trinajstić information content (AvgIpc) is 3.06. The number of thioether (sulfide) groups is 1. The summed E-state index contributed by atoms with van der Waals surface area (Å²) in [6, 6.07) is 7.16. The molecule has 0 radical (unpaired) electrons. The van der Waals surface area contributed by atoms with Gasteiger partial charge in [-0.15, -0.1) is 5.10 Å². The Morgan fingerprint density at radius 2 is 1.48 bits per heavy atom. The number of hydrogen-bond acceptors (Lipinski definition) is 4. The van der Waals surface area contributed by atoms with Gasteiger partial charge in [0.05, 0.1) is 23.1 Å². The summed E-state index contributed by atoms with van der Waals surface area (Å²) in [6.07, 6.45) is -8.47. The predicted molar refractivity (Wildman–Crippen MR) is 97.5 cm³/mol. The van der Waals surface area contributed by atoms with Crippen LogP contribution in [0, 0.1) is 0 Å². The third-order valence-corrected chi connectivity index (χ3v) is 4.64. The first kappa shape index (κ1) is 20.9. The number of amidine groups is 1. The van der Waals surface area contributed by atoms with E-state index in [0.29, 0.717) is 22.9 Å². The number of nitrogens with zero attached hydrogens (tertiary/aromatic N) is 2. The number of alkyl halides is 6. The van der Waals surface area contributed by atoms with Crippen molar-refractivity contribution in [3.05, 3.63) is 59.2 Å². The highest BCUT2D eigenvalue weighted by Gasteiger charge is 2.37. The maximum atomic E-state index is 13.0. The smallest absolute Gasteiger partial charge is 0.303 e. The summed E-state index contributed by atoms with van der Waals surface area (Å²) < 4.78 is 77.9. The Morgan fingerprint density at radius 3 is 1.97 bits per heavy atom. The topological polar surface area (TPSA) is 53.8 Å². The minimum Gasteiger partial charge on any atom is -0.303 e. The summed E-state index contributed by atoms with van der Waals surface area (Å²) in [4.78, 5) is 11.0. The van der Waals surface area contributed by atoms with E-state index >= 15 is 0 Å². The van der Waals surface area contributed by atoms with Gasteiger partial charge in [-0.3, -0.25) is 4.79 Å². The molecule has 3 rings (SSSR count). The lowest BCUT2D eigenvalue weighted by Crippen LogP contribution is -2.19. The summed E-state index contributed by atoms with van der Waals surface area (Å²) in [6.45, 7) is 0. The Hall–Kier alpha value is -2.82. The van der Waals surface area contributed by atoms with Gasteiger partial charge in [0.2, 0.25) is 5.91 Å². The quantitative estimate of drug-likeness (QED) is 0.425. The number of benzene rings is 2. The molecule has 0 saturated carbocycles. The van der Waals surface area contributed by atoms with Gasteiger partial charge in [0, 0.05) is 0 Å². The first-order valence-corrected chi connectivity index (χ1v) is 8.94. The molecule has 4 nitrogen and oxygen atoms in total. The molecular formula is C18H11F6N3OS. The maximum absolute atomic E-state index is 13.0. The highest BCUT2D eigenvalue weighted by molar-refractivity contribution is 8.15. The Morgan fingerprint density at radius 1 is 0.897 bits per heavy atom. The summed E-state index contributed by atoms with van der Waals surface area (Å²) >= 11 is 1.18. The van der Waals surface area contributed by atoms with E-state index in [1.807, 2.05) is 0 Å². The number of carbonyl (C=O) groups is 1. The molecule has 0 unspecified atom stereocenters. The van der Waals surface area contributed by atoms with Crippen LogP contribution in [0.5, 0.6) is 0 Å². The third-order valence-electron chi connectivity index (χ3n) is 3.77. The van der Waals surface area contributed by atoms with Gasteiger partial charge in [-0.25, -0.2) is 0 Å². The lowest BCUT2D eigenvalue weighted by molar-refractivity contribution is -0.143. The van der Waals surface area contributed by atoms with Crippen LogP contribution in [0.4, 0.5) is 26.3 Å². The van der Waals surface area contributed by atoms with Crippen molar-refractivity contribution in [2.75, 3.05) is 5.75 Å². The molecule has 152 valence electrons. The number of nitrogens with one attached hydrogen (secondary N) is 1. The van der Waals surface area contributed by atoms with Crippen LogP contribution < -0.4 is 5.32 Å². The standard InChI is InChI=1S/C18H11F6N3OS/c19-17(20,21)13-5-12(6-14(7-13)18(22,23)24)11-3-1-10(2-4-11)8-25-27-16-26-15(28)9-29-16/h1-8H,9H2,(H,26,27,28). The number of rotatable bonds is 3. The van der Waals surface area contributed by atoms with Gasteiger partial charge in [-0.05, 0) is 34.9 Å². The summed E-state index contributed by atoms with van der Waals surface area (Å²) in [7, 11) is 0. The fourth-order valence-corrected chi connectivity index (χ4v) is 3.04. The van der Waals surface area contributed by atoms with Crippen LogP contribution in [-0.2, 0) is 17.1 Å². The number of amides is 1. The Kier molecular flexibility index (Phi) is 5.69. The monoisotopic (exact) mass is 431 g/mol. The summed E-state index contributed by atoms with van der Waals surface area (Å²) in [5.74, 6) is 0.0626. The zero-order valence-electron chi connectivity index (χ0n) is 14.3. The lowest BCUT2D eigenvalue weighted by atomic mass is 9.98. The van der Waals surface area contributed by atoms with E-state index in [1.165, 1.54) is 42.2 Å². The molecule has 2 aromatic carbocycles. The molecule has 1 fully saturated rings. The molecule has 29 heavy (non-hydrogen) atoms. The summed E-state index contributed by atoms with van der Waals surface area (Å²) in [5.41, 5.74) is -2.25. The van der Waals surface area contributed by atoms with Crippen molar-refractivity contribution in [3.8, 4) is 11.1 Å². The van der Waals surface area contributed by atoms with E-state index in [2.05, 4.69) is 15.5 Å². The van der Waals surface area contributed by atoms with Crippen LogP contribution >= 0.6 is 11.8 Å². The van der Waals surface area contributed by atoms with Crippen molar-refractivity contribution < 1.29 is 31.1 Å². The van der Waals surface area contributed by atoms with Crippen LogP contribution in [0.2, 0.25) is 0 Å². The fourth-order valence-electron chi connectivity index (χ4n) is 2.41. The van der Waals surface area contributed by atoms with E-state index in [4.69, 9.17) is 0 Å². The normalized spacial score (nSPS) is 16.6. The van der Waals surface area contributed by atoms with E-state index in [9.17, 15) is 31.1 Å². The van der Waals surface area contributed by atoms with Crippen molar-refractivity contribution in [2.45, 2.75) is 12.4 Å². The van der Waals surface area contributed by atoms with Gasteiger partial charge in [0.1, 0.15) is 0 Å². The van der Waals surface area contributed by atoms with Gasteiger partial charge >= 0.3 is 12.4 Å². The zero-order valence-corrected chi connectivity index (χ0v) is 15.1. The van der Waals surface area contributed by atoms with Gasteiger partial charge in [-0.1, -0.05) is 36.0 Å². The van der Waals surface area contributed by atoms with Crippen LogP contribution in [0.15, 0.2) is 52.7 Å². The molecule has 0 atom stereocenters. The zero-order chi connectivity index (χ0) is 21.2. The van der Waals surface area contributed by atoms with Crippen molar-refractivity contribution in [1.29, 1.82) is 0 Å². The second-order valence-electron chi connectivity index (χ2n) is 5.90. The highest BCUT2D eigenvalue weighted by Crippen LogP contribution is 2.38. The molecule has 1 saturated heterocycles. The van der Waals surface area contributed by atoms with E-state index in [1.54, 1.807) is 0 Å². The molecule has 0 aliphatic carbocycles. The van der Waals surface area contributed by atoms with Crippen molar-refractivity contribution in [2.24, 2.45) is 10.2 Å². The van der Waals surface area contributed by atoms with E-state index < -0.39 is 23.5 Å². The van der Waals surface area contributed by atoms with Crippen molar-refractivity contribution in [1.82, 2.24) is 5.32 Å². The van der Waals surface area contributed by atoms with Gasteiger partial charge in [-0.2, -0.15) is 31.4 Å². The second kappa shape index (κ2) is 7.90. The molecule has 0 spiro atoms. The molecule has 0 bridgehead atoms. The first-order valence-electron chi connectivity index (χ1n) is 7.96. The van der Waals surface area contributed by atoms with Crippen LogP contribution in [0.3, 0.4) is 0 Å². The lowest BCUT2D eigenvalue weighted by Gasteiger charge is -2.14. The molecule has 11 heteroatoms. The molecule has 1 amide bonds. The molecule has 1 aliphatic rings. The minimum atomic E-state index is -4.91. The maximum Gasteiger partial charge on any atom is 0.416 e. The predicted octanol–water partition coefficient (Wildman–Crippen LogP) is 4.94. The SMILES string of the molecule is O=C1CSC(=NN=Cc2ccc(-c3cc(C(F)(F)F)cc(C(F)(F)F)c3)cc2)N1. The molecule has 2 aromatic rings. The van der Waals surface area contributed by atoms with E-state index in [-0.39, 0.29) is 28.9 Å². The van der Waals surface area contributed by atoms with Crippen LogP contribution in [-0.4, -0.2) is 23.0 Å². The molecule has 0 aromatic heterocycles. The van der Waals surface area contributed by atoms with E-state index in [0.717, 1.165) is 0 Å². The third kappa shape index (κ3) is 5.37. The highest BCUT2D eigenvalue weighted by atomic mass is 32.2. The largest absolute Gasteiger partial charge is 0.416 e. The Bertz CT molecular complexity index is 948. The van der Waals surface area contributed by atoms with Crippen molar-refractivity contribution in [3.63, 3.8) is 0 Å². The van der Waals surface area contributed by atoms with Gasteiger partial charge < -0.3 is 5.32 Å². The second-order valence-corrected chi connectivity index (χ2v) is 6.87.